The molecule has 0 aliphatic carbocycles. The Labute approximate surface area is 457 Å². The number of methoxy groups -OCH3 is 3. The molecule has 2 heterocycles. The maximum atomic E-state index is 13.6. The van der Waals surface area contributed by atoms with Gasteiger partial charge in [0, 0.05) is 23.0 Å². The minimum atomic E-state index is -1.85. The zero-order valence-corrected chi connectivity index (χ0v) is 48.7. The fourth-order valence-corrected chi connectivity index (χ4v) is 8.83. The van der Waals surface area contributed by atoms with Crippen LogP contribution in [-0.2, 0) is 64.4 Å². The predicted molar refractivity (Wildman–Crippen MR) is 291 cm³/mol. The first kappa shape index (κ1) is 65.1. The molecule has 4 rings (SSSR count). The van der Waals surface area contributed by atoms with Crippen LogP contribution in [-0.4, -0.2) is 124 Å². The first-order chi connectivity index (χ1) is 35.9. The molecule has 0 spiro atoms. The first-order valence-corrected chi connectivity index (χ1v) is 27.5. The maximum absolute atomic E-state index is 13.6. The van der Waals surface area contributed by atoms with E-state index in [9.17, 15) is 46.8 Å². The van der Waals surface area contributed by atoms with E-state index in [1.165, 1.54) is 125 Å². The van der Waals surface area contributed by atoms with Crippen molar-refractivity contribution in [3.05, 3.63) is 30.3 Å². The summed E-state index contributed by atoms with van der Waals surface area (Å²) in [6.07, 6.45) is 10.7. The van der Waals surface area contributed by atoms with Crippen molar-refractivity contribution in [2.24, 2.45) is 10.8 Å². The predicted octanol–water partition coefficient (Wildman–Crippen LogP) is 7.90. The van der Waals surface area contributed by atoms with Crippen LogP contribution in [0.25, 0.3) is 0 Å². The van der Waals surface area contributed by atoms with Crippen molar-refractivity contribution < 1.29 is 74.1 Å². The minimum absolute atomic E-state index is 0.0404. The molecule has 77 heavy (non-hydrogen) atoms. The van der Waals surface area contributed by atoms with Crippen LogP contribution in [0.1, 0.15) is 140 Å². The lowest BCUT2D eigenvalue weighted by molar-refractivity contribution is -0.145. The summed E-state index contributed by atoms with van der Waals surface area (Å²) in [6.45, 7) is 17.8. The molecule has 2 aromatic rings. The van der Waals surface area contributed by atoms with Crippen LogP contribution in [0.4, 0.5) is 32.3 Å². The number of unbranched alkanes of at least 4 members (excludes halogenated alkanes) is 9. The molecule has 7 amide bonds. The van der Waals surface area contributed by atoms with Crippen molar-refractivity contribution in [2.45, 2.75) is 164 Å². The number of hydrogen-bond acceptors (Lipinski definition) is 16. The lowest BCUT2D eigenvalue weighted by atomic mass is 9.85. The molecule has 430 valence electrons. The summed E-state index contributed by atoms with van der Waals surface area (Å²) in [6, 6.07) is 3.05. The average Bonchev–Trinajstić information content (AvgIpc) is 3.68. The quantitative estimate of drug-likeness (QED) is 0.0307. The number of ketones is 2. The van der Waals surface area contributed by atoms with Gasteiger partial charge in [0.15, 0.2) is 29.3 Å². The standard InChI is InChI=1S/C32H51N3O9S.C20H28N4O7S/c1-9-10-11-12-13-14-15-16-17-18-19-43-45(40)34-22-20-23(41-7)25(24(21-22)42-8)33-28(37)26(27(36)31(2,3)4)35-29(38)32(5,6)44-30(35)39;1-19(2,3)15(25)14(24-17(27)20(4,5)22-18(24)28)16(26)21-12-10-11(23-32(29)31-7)8-9-13(12)30-6/h20-21,26,34H,9-19H2,1-8H3,(H,33,37);8-10,14,23H,1-7H3,(H,21,26)(H,22,28). The number of hydrogen-bond donors (Lipinski definition) is 5. The number of anilines is 4. The lowest BCUT2D eigenvalue weighted by Crippen LogP contribution is -2.55. The number of carbonyl (C=O) groups excluding carboxylic acids is 8. The molecule has 23 nitrogen and oxygen atoms in total. The number of cyclic esters (lactones) is 1. The summed E-state index contributed by atoms with van der Waals surface area (Å²) in [5.74, 6) is -4.20. The van der Waals surface area contributed by atoms with Gasteiger partial charge in [-0.15, -0.1) is 0 Å². The van der Waals surface area contributed by atoms with E-state index in [0.29, 0.717) is 27.8 Å². The minimum Gasteiger partial charge on any atom is -0.495 e. The van der Waals surface area contributed by atoms with E-state index in [-0.39, 0.29) is 28.6 Å². The number of carbonyl (C=O) groups is 8. The van der Waals surface area contributed by atoms with Crippen LogP contribution in [0, 0.1) is 10.8 Å². The van der Waals surface area contributed by atoms with Crippen molar-refractivity contribution in [1.29, 1.82) is 0 Å². The summed E-state index contributed by atoms with van der Waals surface area (Å²) in [7, 11) is 5.34. The molecule has 2 saturated heterocycles. The summed E-state index contributed by atoms with van der Waals surface area (Å²) >= 11 is -3.67. The van der Waals surface area contributed by atoms with Gasteiger partial charge in [-0.05, 0) is 52.3 Å². The third-order valence-electron chi connectivity index (χ3n) is 12.1. The topological polar surface area (TPSA) is 293 Å². The number of nitrogens with zero attached hydrogens (tertiary/aromatic N) is 2. The van der Waals surface area contributed by atoms with E-state index < -0.39 is 104 Å². The van der Waals surface area contributed by atoms with E-state index in [2.05, 4.69) is 36.5 Å². The Kier molecular flexibility index (Phi) is 24.1. The third-order valence-corrected chi connectivity index (χ3v) is 13.6. The van der Waals surface area contributed by atoms with Gasteiger partial charge in [0.05, 0.1) is 52.1 Å². The van der Waals surface area contributed by atoms with Crippen LogP contribution in [0.15, 0.2) is 30.3 Å². The maximum Gasteiger partial charge on any atom is 0.418 e. The fraction of sp³-hybridized carbons (Fsp3) is 0.615. The van der Waals surface area contributed by atoms with E-state index in [0.717, 1.165) is 19.3 Å². The van der Waals surface area contributed by atoms with Gasteiger partial charge in [0.1, 0.15) is 28.5 Å². The Morgan fingerprint density at radius 1 is 0.636 bits per heavy atom. The normalized spacial score (nSPS) is 16.5. The summed E-state index contributed by atoms with van der Waals surface area (Å²) in [4.78, 5) is 106. The van der Waals surface area contributed by atoms with E-state index in [4.69, 9.17) is 23.1 Å². The van der Waals surface area contributed by atoms with Gasteiger partial charge in [-0.2, -0.15) is 0 Å². The van der Waals surface area contributed by atoms with E-state index >= 15 is 0 Å². The molecule has 2 aromatic carbocycles. The first-order valence-electron chi connectivity index (χ1n) is 25.3. The molecule has 2 aliphatic rings. The molecule has 5 N–H and O–H groups in total. The van der Waals surface area contributed by atoms with Crippen LogP contribution >= 0.6 is 0 Å². The number of imide groups is 2. The van der Waals surface area contributed by atoms with Gasteiger partial charge in [0.2, 0.25) is 0 Å². The zero-order chi connectivity index (χ0) is 58.2. The number of benzene rings is 2. The van der Waals surface area contributed by atoms with Gasteiger partial charge in [0.25, 0.3) is 46.2 Å². The van der Waals surface area contributed by atoms with Crippen LogP contribution < -0.4 is 39.6 Å². The van der Waals surface area contributed by atoms with Gasteiger partial charge in [-0.3, -0.25) is 46.6 Å². The molecule has 0 radical (unpaired) electrons. The smallest absolute Gasteiger partial charge is 0.418 e. The van der Waals surface area contributed by atoms with Crippen molar-refractivity contribution in [1.82, 2.24) is 15.1 Å². The second kappa shape index (κ2) is 28.4. The molecule has 25 heteroatoms. The highest BCUT2D eigenvalue weighted by Gasteiger charge is 2.56. The monoisotopic (exact) mass is 1120 g/mol. The molecule has 2 fully saturated rings. The summed E-state index contributed by atoms with van der Waals surface area (Å²) in [5.41, 5.74) is -4.09. The van der Waals surface area contributed by atoms with Crippen LogP contribution in [0.3, 0.4) is 0 Å². The Morgan fingerprint density at radius 3 is 1.56 bits per heavy atom. The van der Waals surface area contributed by atoms with Crippen molar-refractivity contribution in [2.75, 3.05) is 55.1 Å². The molecule has 2 aliphatic heterocycles. The third kappa shape index (κ3) is 17.9. The fourth-order valence-electron chi connectivity index (χ4n) is 7.79. The van der Waals surface area contributed by atoms with Crippen molar-refractivity contribution in [3.63, 3.8) is 0 Å². The highest BCUT2D eigenvalue weighted by molar-refractivity contribution is 7.81. The number of amides is 7. The molecule has 4 unspecified atom stereocenters. The SMILES string of the molecule is CCCCCCCCCCCCOS(=O)Nc1cc(OC)c(NC(=O)C(C(=O)C(C)(C)C)N2C(=O)OC(C)(C)C2=O)c(OC)c1.COc1ccc(NS(=O)OC)cc1NC(=O)C(C(=O)C(C)(C)C)N1C(=O)NC(C)(C)C1=O. The van der Waals surface area contributed by atoms with Gasteiger partial charge in [-0.1, -0.05) is 106 Å². The molecule has 4 atom stereocenters. The Hall–Kier alpha value is -6.18. The van der Waals surface area contributed by atoms with Crippen LogP contribution in [0.2, 0.25) is 0 Å². The number of rotatable bonds is 28. The highest BCUT2D eigenvalue weighted by Crippen LogP contribution is 2.40. The Balaban J connectivity index is 0.000000429. The summed E-state index contributed by atoms with van der Waals surface area (Å²) in [5, 5.41) is 7.62. The highest BCUT2D eigenvalue weighted by atomic mass is 32.2. The molecular weight excluding hydrogens is 1040 g/mol. The van der Waals surface area contributed by atoms with Crippen molar-refractivity contribution >= 4 is 92.6 Å². The van der Waals surface area contributed by atoms with E-state index in [1.807, 2.05) is 0 Å². The van der Waals surface area contributed by atoms with Gasteiger partial charge < -0.3 is 34.9 Å². The van der Waals surface area contributed by atoms with Crippen LogP contribution in [0.5, 0.6) is 17.2 Å². The second-order valence-corrected chi connectivity index (χ2v) is 23.2. The zero-order valence-electron chi connectivity index (χ0n) is 47.1. The van der Waals surface area contributed by atoms with Gasteiger partial charge >= 0.3 is 12.1 Å². The molecule has 0 aromatic heterocycles. The van der Waals surface area contributed by atoms with E-state index in [1.54, 1.807) is 47.6 Å². The Bertz CT molecular complexity index is 2500. The molecular formula is C52H79N7O16S2. The Morgan fingerprint density at radius 2 is 1.12 bits per heavy atom. The molecule has 0 saturated carbocycles. The lowest BCUT2D eigenvalue weighted by Gasteiger charge is -2.29. The molecule has 0 bridgehead atoms. The summed E-state index contributed by atoms with van der Waals surface area (Å²) < 4.78 is 60.9. The number of Topliss-reactive ketones (excluding diaryl/α,β-unsaturated/α-hetero) is 2. The average molecular weight is 1120 g/mol. The number of urea groups is 1. The largest absolute Gasteiger partial charge is 0.495 e. The number of ether oxygens (including phenoxy) is 4. The second-order valence-electron chi connectivity index (χ2n) is 21.3. The van der Waals surface area contributed by atoms with Gasteiger partial charge in [-0.25, -0.2) is 27.8 Å². The van der Waals surface area contributed by atoms with Crippen molar-refractivity contribution in [3.8, 4) is 17.2 Å². The number of nitrogens with one attached hydrogen (secondary N) is 5.